The molecule has 1 unspecified atom stereocenters. The minimum atomic E-state index is -3.92. The summed E-state index contributed by atoms with van der Waals surface area (Å²) in [5.41, 5.74) is 6.86. The Balaban J connectivity index is 1.78. The number of carbonyl (C=O) groups excluding carboxylic acids is 1. The van der Waals surface area contributed by atoms with Crippen molar-refractivity contribution in [2.24, 2.45) is 0 Å². The summed E-state index contributed by atoms with van der Waals surface area (Å²) in [6, 6.07) is 23.0. The number of sulfonamides is 1. The maximum atomic E-state index is 12.8. The highest BCUT2D eigenvalue weighted by Gasteiger charge is 2.26. The van der Waals surface area contributed by atoms with Crippen molar-refractivity contribution in [2.75, 3.05) is 5.43 Å². The Hall–Kier alpha value is -2.87. The third kappa shape index (κ3) is 6.05. The van der Waals surface area contributed by atoms with E-state index in [0.717, 1.165) is 5.56 Å². The fourth-order valence-electron chi connectivity index (χ4n) is 2.65. The van der Waals surface area contributed by atoms with E-state index < -0.39 is 22.0 Å². The molecule has 0 saturated carbocycles. The molecular formula is C21H20ClN3O3S. The van der Waals surface area contributed by atoms with Crippen molar-refractivity contribution in [1.82, 2.24) is 10.1 Å². The van der Waals surface area contributed by atoms with Gasteiger partial charge < -0.3 is 0 Å². The van der Waals surface area contributed by atoms with Gasteiger partial charge in [0.05, 0.1) is 10.6 Å². The Morgan fingerprint density at radius 3 is 2.07 bits per heavy atom. The number of hydrazine groups is 1. The maximum Gasteiger partial charge on any atom is 0.256 e. The normalized spacial score (nSPS) is 12.2. The molecule has 6 nitrogen and oxygen atoms in total. The van der Waals surface area contributed by atoms with Crippen LogP contribution in [0.25, 0.3) is 0 Å². The van der Waals surface area contributed by atoms with Gasteiger partial charge in [0.2, 0.25) is 10.0 Å². The van der Waals surface area contributed by atoms with Crippen molar-refractivity contribution < 1.29 is 13.2 Å². The molecule has 8 heteroatoms. The Kier molecular flexibility index (Phi) is 6.87. The molecule has 0 aliphatic heterocycles. The molecule has 150 valence electrons. The summed E-state index contributed by atoms with van der Waals surface area (Å²) in [5.74, 6) is -0.504. The van der Waals surface area contributed by atoms with Crippen LogP contribution < -0.4 is 15.6 Å². The van der Waals surface area contributed by atoms with Crippen LogP contribution in [-0.4, -0.2) is 20.4 Å². The summed E-state index contributed by atoms with van der Waals surface area (Å²) in [5, 5.41) is 0.426. The first-order chi connectivity index (χ1) is 13.9. The van der Waals surface area contributed by atoms with Crippen LogP contribution in [0, 0.1) is 0 Å². The van der Waals surface area contributed by atoms with Crippen molar-refractivity contribution in [1.29, 1.82) is 0 Å². The van der Waals surface area contributed by atoms with Crippen molar-refractivity contribution in [2.45, 2.75) is 17.4 Å². The second-order valence-corrected chi connectivity index (χ2v) is 8.45. The van der Waals surface area contributed by atoms with E-state index in [4.69, 9.17) is 11.6 Å². The van der Waals surface area contributed by atoms with E-state index in [1.54, 1.807) is 12.1 Å². The molecule has 1 atom stereocenters. The van der Waals surface area contributed by atoms with Crippen LogP contribution in [0.2, 0.25) is 5.02 Å². The number of anilines is 1. The highest BCUT2D eigenvalue weighted by atomic mass is 35.5. The van der Waals surface area contributed by atoms with Crippen molar-refractivity contribution in [3.05, 3.63) is 95.5 Å². The Morgan fingerprint density at radius 2 is 1.45 bits per heavy atom. The molecule has 3 aromatic carbocycles. The third-order valence-electron chi connectivity index (χ3n) is 4.12. The molecule has 0 aromatic heterocycles. The van der Waals surface area contributed by atoms with Gasteiger partial charge in [0.1, 0.15) is 6.04 Å². The van der Waals surface area contributed by atoms with Gasteiger partial charge in [-0.3, -0.25) is 15.6 Å². The number of amides is 1. The molecule has 0 saturated heterocycles. The van der Waals surface area contributed by atoms with Gasteiger partial charge in [-0.1, -0.05) is 60.1 Å². The van der Waals surface area contributed by atoms with Gasteiger partial charge in [0, 0.05) is 5.02 Å². The third-order valence-corrected chi connectivity index (χ3v) is 5.86. The van der Waals surface area contributed by atoms with Gasteiger partial charge in [-0.2, -0.15) is 4.72 Å². The van der Waals surface area contributed by atoms with Crippen LogP contribution in [0.1, 0.15) is 5.56 Å². The zero-order valence-electron chi connectivity index (χ0n) is 15.4. The molecule has 3 N–H and O–H groups in total. The average molecular weight is 430 g/mol. The van der Waals surface area contributed by atoms with Crippen LogP contribution in [-0.2, 0) is 21.2 Å². The molecule has 0 spiro atoms. The monoisotopic (exact) mass is 429 g/mol. The second kappa shape index (κ2) is 9.56. The molecule has 0 bridgehead atoms. The lowest BCUT2D eigenvalue weighted by molar-refractivity contribution is -0.122. The molecule has 29 heavy (non-hydrogen) atoms. The number of hydrogen-bond donors (Lipinski definition) is 3. The van der Waals surface area contributed by atoms with Crippen molar-refractivity contribution in [3.8, 4) is 0 Å². The van der Waals surface area contributed by atoms with Gasteiger partial charge >= 0.3 is 0 Å². The number of carbonyl (C=O) groups is 1. The minimum absolute atomic E-state index is 0.0313. The van der Waals surface area contributed by atoms with E-state index in [-0.39, 0.29) is 11.3 Å². The fraction of sp³-hybridized carbons (Fsp3) is 0.0952. The Labute approximate surface area is 174 Å². The minimum Gasteiger partial charge on any atom is -0.299 e. The first-order valence-corrected chi connectivity index (χ1v) is 10.7. The summed E-state index contributed by atoms with van der Waals surface area (Å²) in [6.45, 7) is 0. The molecule has 0 radical (unpaired) electrons. The molecule has 1 amide bonds. The molecule has 0 aliphatic carbocycles. The first kappa shape index (κ1) is 20.9. The summed E-state index contributed by atoms with van der Waals surface area (Å²) in [6.07, 6.45) is 0.190. The highest BCUT2D eigenvalue weighted by molar-refractivity contribution is 7.89. The largest absolute Gasteiger partial charge is 0.299 e. The van der Waals surface area contributed by atoms with Crippen LogP contribution in [0.15, 0.2) is 89.8 Å². The standard InChI is InChI=1S/C21H20ClN3O3S/c22-17-11-13-19(14-12-17)29(27,28)25-20(15-16-7-3-1-4-8-16)21(26)24-23-18-9-5-2-6-10-18/h1-14,20,23,25H,15H2,(H,24,26). The molecular weight excluding hydrogens is 410 g/mol. The zero-order valence-corrected chi connectivity index (χ0v) is 17.0. The molecule has 0 heterocycles. The number of hydrogen-bond acceptors (Lipinski definition) is 4. The number of benzene rings is 3. The molecule has 3 aromatic rings. The quantitative estimate of drug-likeness (QED) is 0.479. The predicted octanol–water partition coefficient (Wildman–Crippen LogP) is 3.37. The summed E-state index contributed by atoms with van der Waals surface area (Å²) in [7, 11) is -3.92. The summed E-state index contributed by atoms with van der Waals surface area (Å²) >= 11 is 5.84. The van der Waals surface area contributed by atoms with Crippen molar-refractivity contribution in [3.63, 3.8) is 0 Å². The second-order valence-electron chi connectivity index (χ2n) is 6.30. The van der Waals surface area contributed by atoms with Gasteiger partial charge in [0.25, 0.3) is 5.91 Å². The Bertz CT molecular complexity index is 1040. The van der Waals surface area contributed by atoms with Crippen LogP contribution in [0.3, 0.4) is 0 Å². The van der Waals surface area contributed by atoms with E-state index in [1.807, 2.05) is 48.5 Å². The molecule has 0 fully saturated rings. The number of nitrogens with one attached hydrogen (secondary N) is 3. The fourth-order valence-corrected chi connectivity index (χ4v) is 3.97. The van der Waals surface area contributed by atoms with Crippen LogP contribution in [0.4, 0.5) is 5.69 Å². The van der Waals surface area contributed by atoms with Gasteiger partial charge in [-0.05, 0) is 48.4 Å². The smallest absolute Gasteiger partial charge is 0.256 e. The molecule has 3 rings (SSSR count). The SMILES string of the molecule is O=C(NNc1ccccc1)C(Cc1ccccc1)NS(=O)(=O)c1ccc(Cl)cc1. The predicted molar refractivity (Wildman–Crippen MR) is 114 cm³/mol. The molecule has 0 aliphatic rings. The summed E-state index contributed by atoms with van der Waals surface area (Å²) < 4.78 is 28.0. The number of rotatable bonds is 8. The average Bonchev–Trinajstić information content (AvgIpc) is 2.73. The van der Waals surface area contributed by atoms with E-state index in [9.17, 15) is 13.2 Å². The van der Waals surface area contributed by atoms with Gasteiger partial charge in [0.15, 0.2) is 0 Å². The zero-order chi connectivity index (χ0) is 20.7. The van der Waals surface area contributed by atoms with Gasteiger partial charge in [-0.25, -0.2) is 8.42 Å². The summed E-state index contributed by atoms with van der Waals surface area (Å²) in [4.78, 5) is 12.8. The van der Waals surface area contributed by atoms with Crippen LogP contribution in [0.5, 0.6) is 0 Å². The van der Waals surface area contributed by atoms with Gasteiger partial charge in [-0.15, -0.1) is 0 Å². The van der Waals surface area contributed by atoms with Crippen LogP contribution >= 0.6 is 11.6 Å². The number of para-hydroxylation sites is 1. The highest BCUT2D eigenvalue weighted by Crippen LogP contribution is 2.15. The Morgan fingerprint density at radius 1 is 0.862 bits per heavy atom. The van der Waals surface area contributed by atoms with E-state index in [1.165, 1.54) is 24.3 Å². The lowest BCUT2D eigenvalue weighted by atomic mass is 10.1. The topological polar surface area (TPSA) is 87.3 Å². The van der Waals surface area contributed by atoms with Crippen molar-refractivity contribution >= 4 is 33.2 Å². The maximum absolute atomic E-state index is 12.8. The van der Waals surface area contributed by atoms with E-state index in [2.05, 4.69) is 15.6 Å². The van der Waals surface area contributed by atoms with E-state index >= 15 is 0 Å². The lowest BCUT2D eigenvalue weighted by Gasteiger charge is -2.19. The van der Waals surface area contributed by atoms with E-state index in [0.29, 0.717) is 10.7 Å². The lowest BCUT2D eigenvalue weighted by Crippen LogP contribution is -2.49. The number of halogens is 1. The first-order valence-electron chi connectivity index (χ1n) is 8.87.